The number of hydrogen-bond acceptors (Lipinski definition) is 3. The number of nitrogens with two attached hydrogens (primary N) is 1. The summed E-state index contributed by atoms with van der Waals surface area (Å²) in [7, 11) is 4.11. The van der Waals surface area contributed by atoms with Gasteiger partial charge < -0.3 is 4.90 Å². The van der Waals surface area contributed by atoms with E-state index < -0.39 is 0 Å². The maximum atomic E-state index is 5.69. The van der Waals surface area contributed by atoms with E-state index >= 15 is 0 Å². The average Bonchev–Trinajstić information content (AvgIpc) is 2.33. The molecule has 0 heterocycles. The summed E-state index contributed by atoms with van der Waals surface area (Å²) in [6.45, 7) is 6.84. The first-order valence-corrected chi connectivity index (χ1v) is 7.07. The molecule has 0 bridgehead atoms. The molecule has 0 saturated carbocycles. The molecule has 0 aromatic heterocycles. The summed E-state index contributed by atoms with van der Waals surface area (Å²) in [6, 6.07) is 8.86. The van der Waals surface area contributed by atoms with Gasteiger partial charge in [-0.05, 0) is 36.0 Å². The lowest BCUT2D eigenvalue weighted by atomic mass is 9.88. The number of rotatable bonds is 6. The van der Waals surface area contributed by atoms with Crippen molar-refractivity contribution in [1.29, 1.82) is 0 Å². The number of benzene rings is 1. The molecule has 1 atom stereocenters. The molecular weight excluding hydrogens is 234 g/mol. The number of hydrazine groups is 1. The molecule has 0 spiro atoms. The molecule has 0 aliphatic rings. The molecule has 108 valence electrons. The van der Waals surface area contributed by atoms with Crippen LogP contribution >= 0.6 is 0 Å². The third-order valence-corrected chi connectivity index (χ3v) is 3.43. The van der Waals surface area contributed by atoms with Crippen LogP contribution in [-0.2, 0) is 0 Å². The van der Waals surface area contributed by atoms with Gasteiger partial charge in [-0.15, -0.1) is 0 Å². The Bertz CT molecular complexity index is 363. The fraction of sp³-hybridized carbons (Fsp3) is 0.625. The third-order valence-electron chi connectivity index (χ3n) is 3.43. The summed E-state index contributed by atoms with van der Waals surface area (Å²) < 4.78 is 0. The Morgan fingerprint density at radius 2 is 1.74 bits per heavy atom. The summed E-state index contributed by atoms with van der Waals surface area (Å²) in [5.74, 6) is 5.69. The van der Waals surface area contributed by atoms with E-state index in [-0.39, 0.29) is 6.04 Å². The van der Waals surface area contributed by atoms with Crippen LogP contribution in [0.3, 0.4) is 0 Å². The highest BCUT2D eigenvalue weighted by atomic mass is 15.2. The van der Waals surface area contributed by atoms with Crippen LogP contribution in [0, 0.1) is 5.41 Å². The van der Waals surface area contributed by atoms with Crippen LogP contribution in [0.25, 0.3) is 0 Å². The minimum atomic E-state index is 0.249. The molecule has 0 fully saturated rings. The van der Waals surface area contributed by atoms with Gasteiger partial charge in [-0.2, -0.15) is 0 Å². The molecule has 1 aromatic rings. The molecule has 3 nitrogen and oxygen atoms in total. The maximum absolute atomic E-state index is 5.69. The zero-order chi connectivity index (χ0) is 14.5. The van der Waals surface area contributed by atoms with Crippen LogP contribution in [0.15, 0.2) is 24.3 Å². The summed E-state index contributed by atoms with van der Waals surface area (Å²) in [4.78, 5) is 2.11. The second kappa shape index (κ2) is 6.92. The zero-order valence-corrected chi connectivity index (χ0v) is 13.0. The van der Waals surface area contributed by atoms with Gasteiger partial charge in [0.1, 0.15) is 0 Å². The van der Waals surface area contributed by atoms with Gasteiger partial charge in [0, 0.05) is 25.8 Å². The highest BCUT2D eigenvalue weighted by Gasteiger charge is 2.13. The van der Waals surface area contributed by atoms with Crippen molar-refractivity contribution in [3.63, 3.8) is 0 Å². The molecule has 1 rings (SSSR count). The Morgan fingerprint density at radius 3 is 2.16 bits per heavy atom. The van der Waals surface area contributed by atoms with Crippen LogP contribution in [-0.4, -0.2) is 14.1 Å². The SMILES string of the molecule is CN(C)c1ccc(C(CCCC(C)(C)C)NN)cc1. The molecule has 3 N–H and O–H groups in total. The van der Waals surface area contributed by atoms with Gasteiger partial charge in [-0.1, -0.05) is 39.3 Å². The van der Waals surface area contributed by atoms with Crippen molar-refractivity contribution in [3.05, 3.63) is 29.8 Å². The number of nitrogens with one attached hydrogen (secondary N) is 1. The van der Waals surface area contributed by atoms with E-state index in [1.165, 1.54) is 24.1 Å². The van der Waals surface area contributed by atoms with Crippen molar-refractivity contribution in [2.45, 2.75) is 46.1 Å². The molecule has 19 heavy (non-hydrogen) atoms. The number of nitrogens with zero attached hydrogens (tertiary/aromatic N) is 1. The molecule has 0 radical (unpaired) electrons. The predicted octanol–water partition coefficient (Wildman–Crippen LogP) is 3.47. The molecule has 0 aliphatic heterocycles. The van der Waals surface area contributed by atoms with Crippen LogP contribution in [0.5, 0.6) is 0 Å². The quantitative estimate of drug-likeness (QED) is 0.610. The third kappa shape index (κ3) is 5.62. The van der Waals surface area contributed by atoms with Crippen molar-refractivity contribution < 1.29 is 0 Å². The lowest BCUT2D eigenvalue weighted by molar-refractivity contribution is 0.344. The summed E-state index contributed by atoms with van der Waals surface area (Å²) in [6.07, 6.45) is 3.49. The fourth-order valence-electron chi connectivity index (χ4n) is 2.19. The van der Waals surface area contributed by atoms with E-state index in [2.05, 4.69) is 69.5 Å². The topological polar surface area (TPSA) is 41.3 Å². The first kappa shape index (κ1) is 16.0. The lowest BCUT2D eigenvalue weighted by Crippen LogP contribution is -2.28. The molecule has 1 aromatic carbocycles. The van der Waals surface area contributed by atoms with Gasteiger partial charge in [-0.25, -0.2) is 0 Å². The second-order valence-electron chi connectivity index (χ2n) is 6.66. The van der Waals surface area contributed by atoms with E-state index in [4.69, 9.17) is 5.84 Å². The van der Waals surface area contributed by atoms with Gasteiger partial charge in [0.15, 0.2) is 0 Å². The molecular formula is C16H29N3. The standard InChI is InChI=1S/C16H29N3/c1-16(2,3)12-6-7-15(18-17)13-8-10-14(11-9-13)19(4)5/h8-11,15,18H,6-7,12,17H2,1-5H3. The normalized spacial score (nSPS) is 13.4. The molecule has 1 unspecified atom stereocenters. The van der Waals surface area contributed by atoms with Crippen molar-refractivity contribution in [2.75, 3.05) is 19.0 Å². The molecule has 3 heteroatoms. The molecule has 0 amide bonds. The average molecular weight is 263 g/mol. The van der Waals surface area contributed by atoms with E-state index in [1.54, 1.807) is 0 Å². The Kier molecular flexibility index (Phi) is 5.83. The van der Waals surface area contributed by atoms with Crippen molar-refractivity contribution in [1.82, 2.24) is 5.43 Å². The van der Waals surface area contributed by atoms with Crippen LogP contribution < -0.4 is 16.2 Å². The van der Waals surface area contributed by atoms with Crippen molar-refractivity contribution >= 4 is 5.69 Å². The fourth-order valence-corrected chi connectivity index (χ4v) is 2.19. The highest BCUT2D eigenvalue weighted by molar-refractivity contribution is 5.46. The van der Waals surface area contributed by atoms with Gasteiger partial charge in [0.05, 0.1) is 0 Å². The first-order valence-electron chi connectivity index (χ1n) is 7.07. The Balaban J connectivity index is 2.59. The van der Waals surface area contributed by atoms with Crippen LogP contribution in [0.1, 0.15) is 51.6 Å². The van der Waals surface area contributed by atoms with Crippen molar-refractivity contribution in [2.24, 2.45) is 11.3 Å². The first-order chi connectivity index (χ1) is 8.83. The van der Waals surface area contributed by atoms with Gasteiger partial charge >= 0.3 is 0 Å². The Hall–Kier alpha value is -1.06. The monoisotopic (exact) mass is 263 g/mol. The largest absolute Gasteiger partial charge is 0.378 e. The minimum absolute atomic E-state index is 0.249. The predicted molar refractivity (Wildman–Crippen MR) is 84.1 cm³/mol. The zero-order valence-electron chi connectivity index (χ0n) is 13.0. The number of hydrogen-bond donors (Lipinski definition) is 2. The highest BCUT2D eigenvalue weighted by Crippen LogP contribution is 2.26. The smallest absolute Gasteiger partial charge is 0.0460 e. The van der Waals surface area contributed by atoms with Gasteiger partial charge in [0.2, 0.25) is 0 Å². The van der Waals surface area contributed by atoms with E-state index in [1.807, 2.05) is 0 Å². The van der Waals surface area contributed by atoms with E-state index in [0.717, 1.165) is 6.42 Å². The summed E-state index contributed by atoms with van der Waals surface area (Å²) in [5, 5.41) is 0. The van der Waals surface area contributed by atoms with E-state index in [9.17, 15) is 0 Å². The molecule has 0 aliphatic carbocycles. The summed E-state index contributed by atoms with van der Waals surface area (Å²) >= 11 is 0. The Morgan fingerprint density at radius 1 is 1.16 bits per heavy atom. The van der Waals surface area contributed by atoms with Crippen molar-refractivity contribution in [3.8, 4) is 0 Å². The van der Waals surface area contributed by atoms with Gasteiger partial charge in [0.25, 0.3) is 0 Å². The maximum Gasteiger partial charge on any atom is 0.0460 e. The minimum Gasteiger partial charge on any atom is -0.378 e. The van der Waals surface area contributed by atoms with E-state index in [0.29, 0.717) is 5.41 Å². The molecule has 0 saturated heterocycles. The van der Waals surface area contributed by atoms with Crippen LogP contribution in [0.4, 0.5) is 5.69 Å². The van der Waals surface area contributed by atoms with Crippen LogP contribution in [0.2, 0.25) is 0 Å². The second-order valence-corrected chi connectivity index (χ2v) is 6.66. The number of anilines is 1. The summed E-state index contributed by atoms with van der Waals surface area (Å²) in [5.41, 5.74) is 5.82. The Labute approximate surface area is 118 Å². The lowest BCUT2D eigenvalue weighted by Gasteiger charge is -2.22. The van der Waals surface area contributed by atoms with Gasteiger partial charge in [-0.3, -0.25) is 11.3 Å².